The molecular weight excluding hydrogens is 266 g/mol. The Bertz CT molecular complexity index is 621. The van der Waals surface area contributed by atoms with Gasteiger partial charge < -0.3 is 4.90 Å². The number of aryl methyl sites for hydroxylation is 3. The molecule has 1 heteroatoms. The van der Waals surface area contributed by atoms with Crippen molar-refractivity contribution >= 4 is 5.69 Å². The first kappa shape index (κ1) is 15.1. The summed E-state index contributed by atoms with van der Waals surface area (Å²) in [5.41, 5.74) is 7.13. The van der Waals surface area contributed by atoms with E-state index in [0.29, 0.717) is 0 Å². The van der Waals surface area contributed by atoms with E-state index < -0.39 is 0 Å². The molecule has 3 rings (SSSR count). The Morgan fingerprint density at radius 2 is 1.64 bits per heavy atom. The van der Waals surface area contributed by atoms with Gasteiger partial charge in [-0.3, -0.25) is 0 Å². The van der Waals surface area contributed by atoms with Crippen molar-refractivity contribution in [3.8, 4) is 0 Å². The van der Waals surface area contributed by atoms with E-state index >= 15 is 0 Å². The molecule has 0 radical (unpaired) electrons. The highest BCUT2D eigenvalue weighted by Gasteiger charge is 2.27. The molecule has 0 atom stereocenters. The number of anilines is 1. The second-order valence-electron chi connectivity index (χ2n) is 6.83. The van der Waals surface area contributed by atoms with E-state index in [1.807, 2.05) is 0 Å². The third-order valence-corrected chi connectivity index (χ3v) is 4.74. The highest BCUT2D eigenvalue weighted by atomic mass is 15.2. The predicted molar refractivity (Wildman–Crippen MR) is 95.8 cm³/mol. The largest absolute Gasteiger partial charge is 0.371 e. The van der Waals surface area contributed by atoms with Gasteiger partial charge in [0.1, 0.15) is 0 Å². The highest BCUT2D eigenvalue weighted by molar-refractivity contribution is 5.56. The van der Waals surface area contributed by atoms with Crippen molar-refractivity contribution in [2.75, 3.05) is 18.0 Å². The molecule has 1 fully saturated rings. The first-order valence-corrected chi connectivity index (χ1v) is 8.55. The van der Waals surface area contributed by atoms with Gasteiger partial charge in [-0.15, -0.1) is 0 Å². The van der Waals surface area contributed by atoms with E-state index in [1.54, 1.807) is 0 Å². The molecule has 1 aliphatic heterocycles. The van der Waals surface area contributed by atoms with Crippen LogP contribution in [0.25, 0.3) is 0 Å². The molecule has 0 aromatic heterocycles. The minimum atomic E-state index is 0.803. The Labute approximate surface area is 135 Å². The zero-order valence-corrected chi connectivity index (χ0v) is 14.1. The summed E-state index contributed by atoms with van der Waals surface area (Å²) in [5.74, 6) is 0.803. The quantitative estimate of drug-likeness (QED) is 0.755. The van der Waals surface area contributed by atoms with Crippen molar-refractivity contribution in [1.82, 2.24) is 0 Å². The molecule has 0 spiro atoms. The number of rotatable bonds is 5. The van der Waals surface area contributed by atoms with Crippen LogP contribution < -0.4 is 4.90 Å². The van der Waals surface area contributed by atoms with Crippen LogP contribution in [0.2, 0.25) is 0 Å². The van der Waals surface area contributed by atoms with Crippen LogP contribution in [0.1, 0.15) is 35.6 Å². The van der Waals surface area contributed by atoms with E-state index in [2.05, 4.69) is 68.1 Å². The van der Waals surface area contributed by atoms with Crippen LogP contribution in [0.15, 0.2) is 42.5 Å². The van der Waals surface area contributed by atoms with E-state index in [9.17, 15) is 0 Å². The molecule has 0 bridgehead atoms. The lowest BCUT2D eigenvalue weighted by atomic mass is 9.90. The lowest BCUT2D eigenvalue weighted by Gasteiger charge is -2.42. The fourth-order valence-electron chi connectivity index (χ4n) is 3.52. The fraction of sp³-hybridized carbons (Fsp3) is 0.429. The maximum Gasteiger partial charge on any atom is 0.0396 e. The molecule has 1 heterocycles. The van der Waals surface area contributed by atoms with E-state index in [0.717, 1.165) is 5.92 Å². The number of hydrogen-bond donors (Lipinski definition) is 0. The number of benzene rings is 2. The molecule has 1 aliphatic rings. The van der Waals surface area contributed by atoms with Gasteiger partial charge in [-0.1, -0.05) is 55.3 Å². The lowest BCUT2D eigenvalue weighted by Crippen LogP contribution is -2.48. The fourth-order valence-corrected chi connectivity index (χ4v) is 3.52. The molecule has 0 saturated carbocycles. The van der Waals surface area contributed by atoms with Crippen molar-refractivity contribution in [3.63, 3.8) is 0 Å². The molecule has 0 amide bonds. The Morgan fingerprint density at radius 3 is 2.27 bits per heavy atom. The van der Waals surface area contributed by atoms with E-state index in [-0.39, 0.29) is 0 Å². The topological polar surface area (TPSA) is 3.24 Å². The van der Waals surface area contributed by atoms with Gasteiger partial charge >= 0.3 is 0 Å². The Hall–Kier alpha value is -1.76. The summed E-state index contributed by atoms with van der Waals surface area (Å²) in [4.78, 5) is 2.52. The summed E-state index contributed by atoms with van der Waals surface area (Å²) < 4.78 is 0. The number of hydrogen-bond acceptors (Lipinski definition) is 1. The Balaban J connectivity index is 1.55. The molecule has 0 N–H and O–H groups in total. The normalized spacial score (nSPS) is 15.0. The van der Waals surface area contributed by atoms with Gasteiger partial charge in [0.25, 0.3) is 0 Å². The van der Waals surface area contributed by atoms with Crippen LogP contribution in [0.4, 0.5) is 5.69 Å². The van der Waals surface area contributed by atoms with Crippen LogP contribution in [0.5, 0.6) is 0 Å². The third-order valence-electron chi connectivity index (χ3n) is 4.74. The zero-order valence-electron chi connectivity index (χ0n) is 14.1. The summed E-state index contributed by atoms with van der Waals surface area (Å²) in [6, 6.07) is 16.0. The summed E-state index contributed by atoms with van der Waals surface area (Å²) in [7, 11) is 0. The average molecular weight is 293 g/mol. The van der Waals surface area contributed by atoms with Gasteiger partial charge in [-0.05, 0) is 55.4 Å². The Kier molecular flexibility index (Phi) is 4.52. The smallest absolute Gasteiger partial charge is 0.0396 e. The zero-order chi connectivity index (χ0) is 15.5. The first-order chi connectivity index (χ1) is 10.7. The van der Waals surface area contributed by atoms with E-state index in [4.69, 9.17) is 0 Å². The van der Waals surface area contributed by atoms with Crippen molar-refractivity contribution in [2.45, 2.75) is 40.0 Å². The standard InChI is InChI=1S/C21H27N/c1-4-5-18-7-9-19(10-8-18)13-20-14-22(15-20)21-11-6-16(2)12-17(21)3/h6-12,20H,4-5,13-15H2,1-3H3. The summed E-state index contributed by atoms with van der Waals surface area (Å²) >= 11 is 0. The van der Waals surface area contributed by atoms with E-state index in [1.165, 1.54) is 60.3 Å². The average Bonchev–Trinajstić information content (AvgIpc) is 2.46. The van der Waals surface area contributed by atoms with Crippen molar-refractivity contribution in [2.24, 2.45) is 5.92 Å². The molecule has 22 heavy (non-hydrogen) atoms. The first-order valence-electron chi connectivity index (χ1n) is 8.55. The van der Waals surface area contributed by atoms with Crippen molar-refractivity contribution in [3.05, 3.63) is 64.7 Å². The molecule has 1 saturated heterocycles. The second-order valence-corrected chi connectivity index (χ2v) is 6.83. The molecule has 1 nitrogen and oxygen atoms in total. The summed E-state index contributed by atoms with van der Waals surface area (Å²) in [5, 5.41) is 0. The summed E-state index contributed by atoms with van der Waals surface area (Å²) in [6.07, 6.45) is 3.64. The van der Waals surface area contributed by atoms with Crippen LogP contribution in [-0.4, -0.2) is 13.1 Å². The molecule has 0 aliphatic carbocycles. The van der Waals surface area contributed by atoms with Crippen LogP contribution >= 0.6 is 0 Å². The van der Waals surface area contributed by atoms with Crippen molar-refractivity contribution in [1.29, 1.82) is 0 Å². The van der Waals surface area contributed by atoms with Gasteiger partial charge in [0, 0.05) is 18.8 Å². The molecule has 2 aromatic rings. The third kappa shape index (κ3) is 3.35. The predicted octanol–water partition coefficient (Wildman–Crippen LogP) is 4.93. The minimum absolute atomic E-state index is 0.803. The Morgan fingerprint density at radius 1 is 0.955 bits per heavy atom. The van der Waals surface area contributed by atoms with Gasteiger partial charge in [0.2, 0.25) is 0 Å². The van der Waals surface area contributed by atoms with Crippen LogP contribution in [0.3, 0.4) is 0 Å². The van der Waals surface area contributed by atoms with Crippen molar-refractivity contribution < 1.29 is 0 Å². The lowest BCUT2D eigenvalue weighted by molar-refractivity contribution is 0.408. The van der Waals surface area contributed by atoms with Crippen LogP contribution in [0, 0.1) is 19.8 Å². The number of nitrogens with zero attached hydrogens (tertiary/aromatic N) is 1. The second kappa shape index (κ2) is 6.56. The molecular formula is C21H27N. The molecule has 116 valence electrons. The van der Waals surface area contributed by atoms with Gasteiger partial charge in [-0.25, -0.2) is 0 Å². The maximum atomic E-state index is 2.52. The maximum absolute atomic E-state index is 2.52. The monoisotopic (exact) mass is 293 g/mol. The highest BCUT2D eigenvalue weighted by Crippen LogP contribution is 2.30. The van der Waals surface area contributed by atoms with Gasteiger partial charge in [0.15, 0.2) is 0 Å². The minimum Gasteiger partial charge on any atom is -0.371 e. The molecule has 2 aromatic carbocycles. The summed E-state index contributed by atoms with van der Waals surface area (Å²) in [6.45, 7) is 9.02. The SMILES string of the molecule is CCCc1ccc(CC2CN(c3ccc(C)cc3C)C2)cc1. The van der Waals surface area contributed by atoms with Crippen LogP contribution in [-0.2, 0) is 12.8 Å². The molecule has 0 unspecified atom stereocenters. The van der Waals surface area contributed by atoms with Gasteiger partial charge in [0.05, 0.1) is 0 Å². The van der Waals surface area contributed by atoms with Gasteiger partial charge in [-0.2, -0.15) is 0 Å².